The van der Waals surface area contributed by atoms with Gasteiger partial charge < -0.3 is 10.1 Å². The maximum absolute atomic E-state index is 12.6. The first-order valence-corrected chi connectivity index (χ1v) is 10.6. The van der Waals surface area contributed by atoms with Crippen molar-refractivity contribution in [1.82, 2.24) is 5.32 Å². The van der Waals surface area contributed by atoms with Crippen LogP contribution < -0.4 is 14.4 Å². The van der Waals surface area contributed by atoms with Crippen LogP contribution in [-0.4, -0.2) is 33.7 Å². The summed E-state index contributed by atoms with van der Waals surface area (Å²) >= 11 is 12.1. The number of sulfonamides is 1. The van der Waals surface area contributed by atoms with Gasteiger partial charge in [-0.3, -0.25) is 9.10 Å². The number of ether oxygens (including phenoxy) is 1. The zero-order chi connectivity index (χ0) is 20.2. The number of halogens is 2. The van der Waals surface area contributed by atoms with E-state index in [1.165, 1.54) is 20.1 Å². The summed E-state index contributed by atoms with van der Waals surface area (Å²) in [4.78, 5) is 12.6. The first-order chi connectivity index (χ1) is 12.6. The van der Waals surface area contributed by atoms with Gasteiger partial charge in [0.2, 0.25) is 15.9 Å². The molecule has 0 unspecified atom stereocenters. The molecule has 0 spiro atoms. The van der Waals surface area contributed by atoms with Gasteiger partial charge in [0, 0.05) is 16.6 Å². The largest absolute Gasteiger partial charge is 0.495 e. The molecule has 0 fully saturated rings. The molecule has 1 amide bonds. The summed E-state index contributed by atoms with van der Waals surface area (Å²) in [5.41, 5.74) is 0.916. The predicted octanol–water partition coefficient (Wildman–Crippen LogP) is 3.47. The lowest BCUT2D eigenvalue weighted by Gasteiger charge is -2.29. The van der Waals surface area contributed by atoms with Crippen LogP contribution in [0.4, 0.5) is 5.69 Å². The van der Waals surface area contributed by atoms with Gasteiger partial charge in [-0.15, -0.1) is 0 Å². The van der Waals surface area contributed by atoms with Crippen LogP contribution in [-0.2, 0) is 21.4 Å². The van der Waals surface area contributed by atoms with E-state index >= 15 is 0 Å². The van der Waals surface area contributed by atoms with Crippen molar-refractivity contribution in [3.8, 4) is 5.75 Å². The van der Waals surface area contributed by atoms with Gasteiger partial charge in [-0.05, 0) is 36.8 Å². The van der Waals surface area contributed by atoms with E-state index in [1.54, 1.807) is 36.4 Å². The highest BCUT2D eigenvalue weighted by Gasteiger charge is 2.31. The molecule has 0 bridgehead atoms. The molecule has 0 saturated carbocycles. The van der Waals surface area contributed by atoms with Crippen molar-refractivity contribution in [3.05, 3.63) is 58.1 Å². The molecule has 0 aliphatic carbocycles. The maximum Gasteiger partial charge on any atom is 0.243 e. The summed E-state index contributed by atoms with van der Waals surface area (Å²) in [6.45, 7) is 1.66. The molecule has 146 valence electrons. The molecule has 9 heteroatoms. The van der Waals surface area contributed by atoms with Crippen LogP contribution in [0.1, 0.15) is 12.5 Å². The Hall–Kier alpha value is -1.96. The van der Waals surface area contributed by atoms with Crippen LogP contribution in [0.5, 0.6) is 5.75 Å². The molecule has 0 aliphatic rings. The normalized spacial score (nSPS) is 12.3. The fourth-order valence-electron chi connectivity index (χ4n) is 2.59. The number of rotatable bonds is 7. The van der Waals surface area contributed by atoms with Gasteiger partial charge in [0.25, 0.3) is 0 Å². The number of amides is 1. The van der Waals surface area contributed by atoms with Crippen molar-refractivity contribution in [2.24, 2.45) is 0 Å². The fraction of sp³-hybridized carbons (Fsp3) is 0.278. The summed E-state index contributed by atoms with van der Waals surface area (Å²) in [6.07, 6.45) is 1.02. The minimum absolute atomic E-state index is 0.174. The first-order valence-electron chi connectivity index (χ1n) is 7.99. The number of hydrogen-bond acceptors (Lipinski definition) is 4. The molecule has 0 saturated heterocycles. The highest BCUT2D eigenvalue weighted by Crippen LogP contribution is 2.34. The number of hydrogen-bond donors (Lipinski definition) is 1. The fourth-order valence-corrected chi connectivity index (χ4v) is 4.13. The molecule has 27 heavy (non-hydrogen) atoms. The molecule has 1 atom stereocenters. The Balaban J connectivity index is 2.30. The number of benzene rings is 2. The summed E-state index contributed by atoms with van der Waals surface area (Å²) in [7, 11) is -2.38. The minimum atomic E-state index is -3.79. The van der Waals surface area contributed by atoms with Gasteiger partial charge in [-0.1, -0.05) is 41.4 Å². The van der Waals surface area contributed by atoms with E-state index in [0.29, 0.717) is 10.0 Å². The van der Waals surface area contributed by atoms with Gasteiger partial charge in [-0.25, -0.2) is 8.42 Å². The number of carbonyl (C=O) groups is 1. The second kappa shape index (κ2) is 8.82. The number of nitrogens with zero attached hydrogens (tertiary/aromatic N) is 1. The van der Waals surface area contributed by atoms with E-state index in [9.17, 15) is 13.2 Å². The Morgan fingerprint density at radius 3 is 2.48 bits per heavy atom. The summed E-state index contributed by atoms with van der Waals surface area (Å²) in [5.74, 6) is -0.196. The molecular formula is C18H20Cl2N2O4S. The third-order valence-electron chi connectivity index (χ3n) is 3.88. The van der Waals surface area contributed by atoms with Crippen LogP contribution >= 0.6 is 23.2 Å². The monoisotopic (exact) mass is 430 g/mol. The molecule has 2 rings (SSSR count). The molecular weight excluding hydrogens is 411 g/mol. The average molecular weight is 431 g/mol. The van der Waals surface area contributed by atoms with Crippen molar-refractivity contribution in [3.63, 3.8) is 0 Å². The molecule has 0 aliphatic heterocycles. The lowest BCUT2D eigenvalue weighted by molar-refractivity contribution is -0.122. The maximum atomic E-state index is 12.6. The molecule has 0 heterocycles. The van der Waals surface area contributed by atoms with Crippen molar-refractivity contribution < 1.29 is 17.9 Å². The number of methoxy groups -OCH3 is 1. The second-order valence-corrected chi connectivity index (χ2v) is 8.56. The molecule has 2 aromatic rings. The topological polar surface area (TPSA) is 75.7 Å². The van der Waals surface area contributed by atoms with Gasteiger partial charge in [0.15, 0.2) is 0 Å². The van der Waals surface area contributed by atoms with E-state index in [0.717, 1.165) is 16.1 Å². The smallest absolute Gasteiger partial charge is 0.243 e. The lowest BCUT2D eigenvalue weighted by Crippen LogP contribution is -2.47. The molecule has 2 aromatic carbocycles. The van der Waals surface area contributed by atoms with E-state index in [1.807, 2.05) is 0 Å². The Kier molecular flexibility index (Phi) is 6.97. The van der Waals surface area contributed by atoms with E-state index in [2.05, 4.69) is 5.32 Å². The van der Waals surface area contributed by atoms with Crippen LogP contribution in [0.3, 0.4) is 0 Å². The van der Waals surface area contributed by atoms with Crippen molar-refractivity contribution in [1.29, 1.82) is 0 Å². The van der Waals surface area contributed by atoms with Crippen molar-refractivity contribution in [2.75, 3.05) is 17.7 Å². The van der Waals surface area contributed by atoms with Gasteiger partial charge in [0.05, 0.1) is 19.1 Å². The Morgan fingerprint density at radius 1 is 1.22 bits per heavy atom. The highest BCUT2D eigenvalue weighted by atomic mass is 35.5. The van der Waals surface area contributed by atoms with E-state index in [-0.39, 0.29) is 18.0 Å². The van der Waals surface area contributed by atoms with E-state index < -0.39 is 22.0 Å². The van der Waals surface area contributed by atoms with E-state index in [4.69, 9.17) is 27.9 Å². The van der Waals surface area contributed by atoms with Crippen LogP contribution in [0, 0.1) is 0 Å². The van der Waals surface area contributed by atoms with Crippen molar-refractivity contribution in [2.45, 2.75) is 19.5 Å². The predicted molar refractivity (Wildman–Crippen MR) is 108 cm³/mol. The zero-order valence-electron chi connectivity index (χ0n) is 15.1. The zero-order valence-corrected chi connectivity index (χ0v) is 17.4. The van der Waals surface area contributed by atoms with Crippen LogP contribution in [0.15, 0.2) is 42.5 Å². The SMILES string of the molecule is COc1ccc(Cl)cc1N([C@H](C)C(=O)NCc1ccccc1Cl)S(C)(=O)=O. The number of carbonyl (C=O) groups excluding carboxylic acids is 1. The Labute approximate surface area is 169 Å². The van der Waals surface area contributed by atoms with Crippen LogP contribution in [0.25, 0.3) is 0 Å². The highest BCUT2D eigenvalue weighted by molar-refractivity contribution is 7.92. The van der Waals surface area contributed by atoms with Crippen LogP contribution in [0.2, 0.25) is 10.0 Å². The molecule has 1 N–H and O–H groups in total. The summed E-state index contributed by atoms with van der Waals surface area (Å²) in [5, 5.41) is 3.55. The number of anilines is 1. The van der Waals surface area contributed by atoms with Gasteiger partial charge >= 0.3 is 0 Å². The minimum Gasteiger partial charge on any atom is -0.495 e. The Morgan fingerprint density at radius 2 is 1.89 bits per heavy atom. The third-order valence-corrected chi connectivity index (χ3v) is 5.71. The van der Waals surface area contributed by atoms with Gasteiger partial charge in [-0.2, -0.15) is 0 Å². The number of nitrogens with one attached hydrogen (secondary N) is 1. The second-order valence-electron chi connectivity index (χ2n) is 5.86. The van der Waals surface area contributed by atoms with Crippen molar-refractivity contribution >= 4 is 44.8 Å². The quantitative estimate of drug-likeness (QED) is 0.729. The Bertz CT molecular complexity index is 935. The summed E-state index contributed by atoms with van der Waals surface area (Å²) in [6, 6.07) is 10.6. The molecule has 0 aromatic heterocycles. The standard InChI is InChI=1S/C18H20Cl2N2O4S/c1-12(18(23)21-11-13-6-4-5-7-15(13)20)22(27(3,24)25)16-10-14(19)8-9-17(16)26-2/h4-10,12H,11H2,1-3H3,(H,21,23)/t12-/m1/s1. The third kappa shape index (κ3) is 5.28. The summed E-state index contributed by atoms with van der Waals surface area (Å²) < 4.78 is 31.0. The average Bonchev–Trinajstić information content (AvgIpc) is 2.60. The molecule has 6 nitrogen and oxygen atoms in total. The first kappa shape index (κ1) is 21.3. The molecule has 0 radical (unpaired) electrons. The van der Waals surface area contributed by atoms with Gasteiger partial charge in [0.1, 0.15) is 11.8 Å². The lowest BCUT2D eigenvalue weighted by atomic mass is 10.2.